The van der Waals surface area contributed by atoms with Crippen LogP contribution in [0.3, 0.4) is 0 Å². The van der Waals surface area contributed by atoms with Crippen molar-refractivity contribution in [1.29, 1.82) is 0 Å². The van der Waals surface area contributed by atoms with Gasteiger partial charge in [0, 0.05) is 17.8 Å². The van der Waals surface area contributed by atoms with E-state index < -0.39 is 28.7 Å². The summed E-state index contributed by atoms with van der Waals surface area (Å²) >= 11 is 1.64. The lowest BCUT2D eigenvalue weighted by Crippen LogP contribution is -2.57. The number of thioether (sulfide) groups is 1. The zero-order valence-corrected chi connectivity index (χ0v) is 23.4. The summed E-state index contributed by atoms with van der Waals surface area (Å²) in [6, 6.07) is 8.06. The number of amides is 2. The van der Waals surface area contributed by atoms with E-state index in [2.05, 4.69) is 13.2 Å². The number of esters is 1. The summed E-state index contributed by atoms with van der Waals surface area (Å²) in [6.45, 7) is 7.96. The standard InChI is InChI=1S/C31H40N2O5S/c1-3-5-19-38-30(37)25-24-16-17-31(39-24)26(25)28(35)33(23(20-34)21-12-8-6-9-13-21)27(31)29(36)32(18-4-2)22-14-10-7-11-15-22/h3-4,6,8-9,12-13,22-27,34H,1-2,5,7,10-11,14-20H2/t23-,24-,25+,26+,27?,31?/m1/s1. The van der Waals surface area contributed by atoms with Gasteiger partial charge >= 0.3 is 5.97 Å². The predicted molar refractivity (Wildman–Crippen MR) is 152 cm³/mol. The Kier molecular flexibility index (Phi) is 8.52. The first-order valence-electron chi connectivity index (χ1n) is 14.3. The second-order valence-electron chi connectivity index (χ2n) is 11.2. The van der Waals surface area contributed by atoms with E-state index in [0.29, 0.717) is 19.4 Å². The Hall–Kier alpha value is -2.58. The molecule has 1 aromatic rings. The molecule has 4 aliphatic rings. The molecule has 4 fully saturated rings. The molecule has 8 heteroatoms. The minimum Gasteiger partial charge on any atom is -0.465 e. The predicted octanol–water partition coefficient (Wildman–Crippen LogP) is 4.28. The summed E-state index contributed by atoms with van der Waals surface area (Å²) in [6.07, 6.45) is 10.6. The molecule has 6 atom stereocenters. The van der Waals surface area contributed by atoms with E-state index >= 15 is 0 Å². The van der Waals surface area contributed by atoms with Crippen molar-refractivity contribution in [3.05, 3.63) is 61.2 Å². The van der Waals surface area contributed by atoms with Crippen molar-refractivity contribution in [2.24, 2.45) is 11.8 Å². The Balaban J connectivity index is 1.57. The van der Waals surface area contributed by atoms with E-state index in [1.165, 1.54) is 6.42 Å². The van der Waals surface area contributed by atoms with Crippen LogP contribution in [-0.2, 0) is 19.1 Å². The smallest absolute Gasteiger partial charge is 0.310 e. The summed E-state index contributed by atoms with van der Waals surface area (Å²) in [4.78, 5) is 46.1. The zero-order chi connectivity index (χ0) is 27.6. The van der Waals surface area contributed by atoms with Gasteiger partial charge in [0.05, 0.1) is 35.8 Å². The van der Waals surface area contributed by atoms with Crippen LogP contribution in [0.5, 0.6) is 0 Å². The molecule has 39 heavy (non-hydrogen) atoms. The van der Waals surface area contributed by atoms with E-state index in [1.54, 1.807) is 28.8 Å². The van der Waals surface area contributed by atoms with Crippen molar-refractivity contribution in [1.82, 2.24) is 9.80 Å². The lowest BCUT2D eigenvalue weighted by molar-refractivity contribution is -0.154. The van der Waals surface area contributed by atoms with Crippen LogP contribution in [0.2, 0.25) is 0 Å². The number of hydrogen-bond acceptors (Lipinski definition) is 6. The third-order valence-electron chi connectivity index (χ3n) is 9.13. The molecule has 0 radical (unpaired) electrons. The number of aliphatic hydroxyl groups excluding tert-OH is 1. The zero-order valence-electron chi connectivity index (χ0n) is 22.6. The van der Waals surface area contributed by atoms with Gasteiger partial charge in [-0.3, -0.25) is 14.4 Å². The molecule has 1 aliphatic carbocycles. The number of ether oxygens (including phenoxy) is 1. The second-order valence-corrected chi connectivity index (χ2v) is 12.8. The normalized spacial score (nSPS) is 30.6. The fourth-order valence-corrected chi connectivity index (χ4v) is 9.64. The Morgan fingerprint density at radius 1 is 1.15 bits per heavy atom. The Morgan fingerprint density at radius 2 is 1.90 bits per heavy atom. The molecule has 1 aromatic carbocycles. The topological polar surface area (TPSA) is 87.1 Å². The molecule has 7 nitrogen and oxygen atoms in total. The van der Waals surface area contributed by atoms with Crippen LogP contribution in [0.4, 0.5) is 0 Å². The molecule has 0 aromatic heterocycles. The fourth-order valence-electron chi connectivity index (χ4n) is 7.45. The van der Waals surface area contributed by atoms with Gasteiger partial charge in [-0.1, -0.05) is 61.7 Å². The molecular weight excluding hydrogens is 512 g/mol. The van der Waals surface area contributed by atoms with Crippen LogP contribution < -0.4 is 0 Å². The maximum absolute atomic E-state index is 14.7. The molecule has 2 unspecified atom stereocenters. The number of rotatable bonds is 11. The maximum Gasteiger partial charge on any atom is 0.310 e. The number of likely N-dealkylation sites (tertiary alicyclic amines) is 1. The van der Waals surface area contributed by atoms with Crippen molar-refractivity contribution < 1.29 is 24.2 Å². The number of fused-ring (bicyclic) bond motifs is 1. The average molecular weight is 553 g/mol. The summed E-state index contributed by atoms with van der Waals surface area (Å²) in [5, 5.41) is 10.6. The lowest BCUT2D eigenvalue weighted by atomic mass is 9.71. The minimum atomic E-state index is -0.768. The highest BCUT2D eigenvalue weighted by molar-refractivity contribution is 8.02. The average Bonchev–Trinajstić information content (AvgIpc) is 3.61. The number of carbonyl (C=O) groups is 3. The van der Waals surface area contributed by atoms with Crippen molar-refractivity contribution in [2.75, 3.05) is 19.8 Å². The molecule has 1 spiro atoms. The molecular formula is C31H40N2O5S. The fraction of sp³-hybridized carbons (Fsp3) is 0.581. The van der Waals surface area contributed by atoms with Gasteiger partial charge in [-0.15, -0.1) is 24.9 Å². The Labute approximate surface area is 235 Å². The molecule has 2 bridgehead atoms. The van der Waals surface area contributed by atoms with Gasteiger partial charge in [0.25, 0.3) is 0 Å². The van der Waals surface area contributed by atoms with Gasteiger partial charge in [0.2, 0.25) is 11.8 Å². The van der Waals surface area contributed by atoms with Gasteiger partial charge in [-0.25, -0.2) is 0 Å². The highest BCUT2D eigenvalue weighted by Gasteiger charge is 2.75. The number of benzene rings is 1. The van der Waals surface area contributed by atoms with E-state index in [0.717, 1.165) is 37.7 Å². The number of carbonyl (C=O) groups excluding carboxylic acids is 3. The van der Waals surface area contributed by atoms with Crippen LogP contribution in [0.1, 0.15) is 63.0 Å². The summed E-state index contributed by atoms with van der Waals surface area (Å²) < 4.78 is 4.88. The molecule has 3 heterocycles. The molecule has 210 valence electrons. The molecule has 2 amide bonds. The van der Waals surface area contributed by atoms with Crippen molar-refractivity contribution in [2.45, 2.75) is 79.5 Å². The van der Waals surface area contributed by atoms with E-state index in [1.807, 2.05) is 35.2 Å². The number of nitrogens with zero attached hydrogens (tertiary/aromatic N) is 2. The van der Waals surface area contributed by atoms with E-state index in [-0.39, 0.29) is 42.3 Å². The van der Waals surface area contributed by atoms with Crippen LogP contribution in [0.15, 0.2) is 55.6 Å². The highest BCUT2D eigenvalue weighted by Crippen LogP contribution is 2.67. The third kappa shape index (κ3) is 4.84. The van der Waals surface area contributed by atoms with Crippen LogP contribution in [0, 0.1) is 11.8 Å². The van der Waals surface area contributed by atoms with Gasteiger partial charge in [-0.2, -0.15) is 0 Å². The summed E-state index contributed by atoms with van der Waals surface area (Å²) in [7, 11) is 0. The van der Waals surface area contributed by atoms with E-state index in [4.69, 9.17) is 4.74 Å². The summed E-state index contributed by atoms with van der Waals surface area (Å²) in [5.41, 5.74) is 0.778. The first-order chi connectivity index (χ1) is 19.0. The highest BCUT2D eigenvalue weighted by atomic mass is 32.2. The quantitative estimate of drug-likeness (QED) is 0.251. The largest absolute Gasteiger partial charge is 0.465 e. The SMILES string of the molecule is C=CCCOC(=O)[C@@H]1[C@H]2C(=O)N([C@H](CO)c3ccccc3)C(C(=O)N(CC=C)C3CCCCC3)C23CC[C@H]1S3. The molecule has 5 rings (SSSR count). The van der Waals surface area contributed by atoms with Crippen molar-refractivity contribution >= 4 is 29.5 Å². The maximum atomic E-state index is 14.7. The molecule has 3 saturated heterocycles. The van der Waals surface area contributed by atoms with Crippen molar-refractivity contribution in [3.8, 4) is 0 Å². The second kappa shape index (κ2) is 11.9. The monoisotopic (exact) mass is 552 g/mol. The van der Waals surface area contributed by atoms with Gasteiger partial charge in [-0.05, 0) is 37.7 Å². The van der Waals surface area contributed by atoms with Gasteiger partial charge < -0.3 is 19.6 Å². The number of aliphatic hydroxyl groups is 1. The summed E-state index contributed by atoms with van der Waals surface area (Å²) in [5.74, 6) is -1.92. The number of hydrogen-bond donors (Lipinski definition) is 1. The molecule has 1 saturated carbocycles. The lowest BCUT2D eigenvalue weighted by Gasteiger charge is -2.42. The first kappa shape index (κ1) is 28.0. The van der Waals surface area contributed by atoms with Crippen LogP contribution in [0.25, 0.3) is 0 Å². The van der Waals surface area contributed by atoms with Gasteiger partial charge in [0.1, 0.15) is 6.04 Å². The Morgan fingerprint density at radius 3 is 2.56 bits per heavy atom. The van der Waals surface area contributed by atoms with Gasteiger partial charge in [0.15, 0.2) is 0 Å². The van der Waals surface area contributed by atoms with Crippen LogP contribution >= 0.6 is 11.8 Å². The molecule has 3 aliphatic heterocycles. The van der Waals surface area contributed by atoms with Crippen LogP contribution in [-0.4, -0.2) is 74.5 Å². The van der Waals surface area contributed by atoms with E-state index in [9.17, 15) is 19.5 Å². The minimum absolute atomic E-state index is 0.0560. The van der Waals surface area contributed by atoms with Crippen molar-refractivity contribution in [3.63, 3.8) is 0 Å². The third-order valence-corrected chi connectivity index (χ3v) is 11.1. The first-order valence-corrected chi connectivity index (χ1v) is 15.2. The molecule has 1 N–H and O–H groups in total. The Bertz CT molecular complexity index is 1090.